The highest BCUT2D eigenvalue weighted by atomic mass is 16.5. The van der Waals surface area contributed by atoms with Crippen LogP contribution < -0.4 is 15.8 Å². The van der Waals surface area contributed by atoms with Gasteiger partial charge in [-0.15, -0.1) is 0 Å². The molecule has 0 heterocycles. The zero-order valence-corrected chi connectivity index (χ0v) is 13.1. The molecule has 0 aliphatic heterocycles. The Balaban J connectivity index is 2.61. The Morgan fingerprint density at radius 3 is 2.60 bits per heavy atom. The molecule has 20 heavy (non-hydrogen) atoms. The summed E-state index contributed by atoms with van der Waals surface area (Å²) in [7, 11) is 1.63. The summed E-state index contributed by atoms with van der Waals surface area (Å²) in [4.78, 5) is 12.0. The van der Waals surface area contributed by atoms with Crippen molar-refractivity contribution >= 4 is 5.91 Å². The van der Waals surface area contributed by atoms with Crippen molar-refractivity contribution in [2.45, 2.75) is 46.2 Å². The molecule has 0 aliphatic carbocycles. The Bertz CT molecular complexity index is 452. The molecule has 0 aliphatic rings. The van der Waals surface area contributed by atoms with Crippen LogP contribution in [0.15, 0.2) is 24.3 Å². The van der Waals surface area contributed by atoms with Crippen molar-refractivity contribution in [3.63, 3.8) is 0 Å². The summed E-state index contributed by atoms with van der Waals surface area (Å²) in [6, 6.07) is 7.47. The van der Waals surface area contributed by atoms with E-state index in [1.807, 2.05) is 52.0 Å². The normalized spacial score (nSPS) is 14.5. The van der Waals surface area contributed by atoms with Crippen LogP contribution in [-0.2, 0) is 4.79 Å². The molecule has 1 aromatic carbocycles. The molecule has 0 spiro atoms. The van der Waals surface area contributed by atoms with Crippen LogP contribution in [0.2, 0.25) is 0 Å². The van der Waals surface area contributed by atoms with Crippen LogP contribution in [0.1, 0.15) is 45.7 Å². The Morgan fingerprint density at radius 2 is 2.05 bits per heavy atom. The van der Waals surface area contributed by atoms with E-state index in [1.54, 1.807) is 7.11 Å². The first-order chi connectivity index (χ1) is 9.24. The zero-order chi connectivity index (χ0) is 15.3. The molecular weight excluding hydrogens is 252 g/mol. The van der Waals surface area contributed by atoms with Gasteiger partial charge in [0.05, 0.1) is 13.2 Å². The smallest absolute Gasteiger partial charge is 0.222 e. The van der Waals surface area contributed by atoms with E-state index in [0.29, 0.717) is 6.42 Å². The summed E-state index contributed by atoms with van der Waals surface area (Å²) in [5.74, 6) is 0.762. The van der Waals surface area contributed by atoms with Gasteiger partial charge in [0.1, 0.15) is 5.75 Å². The van der Waals surface area contributed by atoms with Crippen LogP contribution in [0.25, 0.3) is 0 Å². The lowest BCUT2D eigenvalue weighted by Gasteiger charge is -2.27. The van der Waals surface area contributed by atoms with Crippen molar-refractivity contribution in [1.82, 2.24) is 5.32 Å². The second-order valence-corrected chi connectivity index (χ2v) is 6.24. The molecule has 1 rings (SSSR count). The predicted octanol–water partition coefficient (Wildman–Crippen LogP) is 2.64. The minimum Gasteiger partial charge on any atom is -0.497 e. The summed E-state index contributed by atoms with van der Waals surface area (Å²) in [5, 5.41) is 2.98. The van der Waals surface area contributed by atoms with Crippen molar-refractivity contribution < 1.29 is 9.53 Å². The Morgan fingerprint density at radius 1 is 1.40 bits per heavy atom. The van der Waals surface area contributed by atoms with Gasteiger partial charge in [-0.05, 0) is 30.0 Å². The lowest BCUT2D eigenvalue weighted by Crippen LogP contribution is -2.40. The lowest BCUT2D eigenvalue weighted by molar-refractivity contribution is -0.122. The molecule has 0 saturated heterocycles. The largest absolute Gasteiger partial charge is 0.497 e. The van der Waals surface area contributed by atoms with E-state index in [-0.39, 0.29) is 23.4 Å². The number of carbonyl (C=O) groups is 1. The van der Waals surface area contributed by atoms with E-state index in [4.69, 9.17) is 10.5 Å². The minimum absolute atomic E-state index is 0.0252. The number of nitrogens with two attached hydrogens (primary N) is 1. The van der Waals surface area contributed by atoms with Gasteiger partial charge in [0.25, 0.3) is 0 Å². The summed E-state index contributed by atoms with van der Waals surface area (Å²) in [6.07, 6.45) is 0.331. The molecule has 1 unspecified atom stereocenters. The zero-order valence-electron chi connectivity index (χ0n) is 13.1. The highest BCUT2D eigenvalue weighted by Gasteiger charge is 2.23. The number of amides is 1. The van der Waals surface area contributed by atoms with Gasteiger partial charge in [0.15, 0.2) is 0 Å². The maximum atomic E-state index is 12.0. The number of carbonyl (C=O) groups excluding carboxylic acids is 1. The molecule has 0 aromatic heterocycles. The number of rotatable bonds is 5. The molecule has 0 bridgehead atoms. The Labute approximate surface area is 121 Å². The van der Waals surface area contributed by atoms with Crippen molar-refractivity contribution in [2.75, 3.05) is 7.11 Å². The third kappa shape index (κ3) is 4.85. The third-order valence-electron chi connectivity index (χ3n) is 3.49. The molecule has 1 aromatic rings. The maximum Gasteiger partial charge on any atom is 0.222 e. The average molecular weight is 278 g/mol. The van der Waals surface area contributed by atoms with Crippen molar-refractivity contribution in [3.8, 4) is 5.75 Å². The van der Waals surface area contributed by atoms with E-state index in [0.717, 1.165) is 11.3 Å². The molecule has 0 fully saturated rings. The van der Waals surface area contributed by atoms with Crippen molar-refractivity contribution in [3.05, 3.63) is 29.8 Å². The standard InChI is InChI=1S/C16H26N2O2/c1-11(12-7-6-8-13(9-12)20-5)18-15(19)10-14(17)16(2,3)4/h6-9,11,14H,10,17H2,1-5H3,(H,18,19)/t11-,14?/m0/s1. The van der Waals surface area contributed by atoms with Crippen molar-refractivity contribution in [2.24, 2.45) is 11.1 Å². The van der Waals surface area contributed by atoms with Gasteiger partial charge in [-0.3, -0.25) is 4.79 Å². The highest BCUT2D eigenvalue weighted by Crippen LogP contribution is 2.21. The van der Waals surface area contributed by atoms with Crippen LogP contribution in [0.4, 0.5) is 0 Å². The van der Waals surface area contributed by atoms with Gasteiger partial charge >= 0.3 is 0 Å². The number of ether oxygens (including phenoxy) is 1. The molecule has 0 saturated carbocycles. The predicted molar refractivity (Wildman–Crippen MR) is 81.6 cm³/mol. The topological polar surface area (TPSA) is 64.3 Å². The number of benzene rings is 1. The SMILES string of the molecule is COc1cccc([C@H](C)NC(=O)CC(N)C(C)(C)C)c1. The van der Waals surface area contributed by atoms with Crippen molar-refractivity contribution in [1.29, 1.82) is 0 Å². The molecule has 4 heteroatoms. The van der Waals surface area contributed by atoms with Crippen LogP contribution >= 0.6 is 0 Å². The first kappa shape index (κ1) is 16.5. The van der Waals surface area contributed by atoms with Gasteiger partial charge in [-0.2, -0.15) is 0 Å². The van der Waals surface area contributed by atoms with Crippen LogP contribution in [0.3, 0.4) is 0 Å². The van der Waals surface area contributed by atoms with E-state index in [1.165, 1.54) is 0 Å². The monoisotopic (exact) mass is 278 g/mol. The van der Waals surface area contributed by atoms with Crippen LogP contribution in [-0.4, -0.2) is 19.1 Å². The fourth-order valence-corrected chi connectivity index (χ4v) is 1.80. The minimum atomic E-state index is -0.153. The molecule has 2 atom stereocenters. The van der Waals surface area contributed by atoms with Crippen LogP contribution in [0, 0.1) is 5.41 Å². The molecule has 1 amide bonds. The molecule has 112 valence electrons. The fraction of sp³-hybridized carbons (Fsp3) is 0.562. The van der Waals surface area contributed by atoms with Gasteiger partial charge in [-0.25, -0.2) is 0 Å². The maximum absolute atomic E-state index is 12.0. The summed E-state index contributed by atoms with van der Waals surface area (Å²) in [5.41, 5.74) is 6.97. The second-order valence-electron chi connectivity index (χ2n) is 6.24. The Kier molecular flexibility index (Phi) is 5.57. The van der Waals surface area contributed by atoms with Gasteiger partial charge in [0, 0.05) is 12.5 Å². The van der Waals surface area contributed by atoms with E-state index < -0.39 is 0 Å². The average Bonchev–Trinajstić information content (AvgIpc) is 2.37. The number of hydrogen-bond acceptors (Lipinski definition) is 3. The van der Waals surface area contributed by atoms with E-state index >= 15 is 0 Å². The summed E-state index contributed by atoms with van der Waals surface area (Å²) < 4.78 is 5.19. The quantitative estimate of drug-likeness (QED) is 0.870. The Hall–Kier alpha value is -1.55. The number of nitrogens with one attached hydrogen (secondary N) is 1. The van der Waals surface area contributed by atoms with Crippen LogP contribution in [0.5, 0.6) is 5.75 Å². The van der Waals surface area contributed by atoms with Gasteiger partial charge < -0.3 is 15.8 Å². The highest BCUT2D eigenvalue weighted by molar-refractivity contribution is 5.77. The molecule has 0 radical (unpaired) electrons. The summed E-state index contributed by atoms with van der Waals surface area (Å²) in [6.45, 7) is 8.07. The number of hydrogen-bond donors (Lipinski definition) is 2. The van der Waals surface area contributed by atoms with E-state index in [2.05, 4.69) is 5.32 Å². The van der Waals surface area contributed by atoms with E-state index in [9.17, 15) is 4.79 Å². The molecule has 3 N–H and O–H groups in total. The fourth-order valence-electron chi connectivity index (χ4n) is 1.80. The first-order valence-corrected chi connectivity index (χ1v) is 6.93. The first-order valence-electron chi connectivity index (χ1n) is 6.93. The van der Waals surface area contributed by atoms with Gasteiger partial charge in [0.2, 0.25) is 5.91 Å². The second kappa shape index (κ2) is 6.75. The molecule has 4 nitrogen and oxygen atoms in total. The number of methoxy groups -OCH3 is 1. The molecular formula is C16H26N2O2. The third-order valence-corrected chi connectivity index (χ3v) is 3.49. The lowest BCUT2D eigenvalue weighted by atomic mass is 9.85. The van der Waals surface area contributed by atoms with Gasteiger partial charge in [-0.1, -0.05) is 32.9 Å². The summed E-state index contributed by atoms with van der Waals surface area (Å²) >= 11 is 0.